The Kier molecular flexibility index (Phi) is 5.95. The van der Waals surface area contributed by atoms with Gasteiger partial charge in [-0.05, 0) is 24.6 Å². The molecule has 0 bridgehead atoms. The van der Waals surface area contributed by atoms with E-state index in [1.54, 1.807) is 26.2 Å². The van der Waals surface area contributed by atoms with E-state index in [-0.39, 0.29) is 23.1 Å². The number of benzene rings is 1. The molecule has 1 amide bonds. The lowest BCUT2D eigenvalue weighted by atomic mass is 10.1. The summed E-state index contributed by atoms with van der Waals surface area (Å²) in [5.41, 5.74) is 0.698. The smallest absolute Gasteiger partial charge is 0.248 e. The Hall–Kier alpha value is -2.12. The minimum atomic E-state index is -0.404. The first-order valence-corrected chi connectivity index (χ1v) is 7.45. The van der Waals surface area contributed by atoms with Gasteiger partial charge in [0, 0.05) is 13.5 Å². The number of hydrogen-bond donors (Lipinski definition) is 2. The Labute approximate surface area is 138 Å². The Morgan fingerprint density at radius 2 is 2.30 bits per heavy atom. The Morgan fingerprint density at radius 1 is 1.52 bits per heavy atom. The highest BCUT2D eigenvalue weighted by Crippen LogP contribution is 2.23. The molecule has 7 nitrogen and oxygen atoms in total. The van der Waals surface area contributed by atoms with Crippen LogP contribution in [0.2, 0.25) is 5.02 Å². The number of ether oxygens (including phenoxy) is 1. The standard InChI is InChI=1S/C15H18ClN3O4/c1-9(15-18-13(19-23-15)5-6-22-2)17-14(21)8-10-3-4-12(20)11(16)7-10/h3-4,7,9,20H,5-6,8H2,1-2H3,(H,17,21). The van der Waals surface area contributed by atoms with Crippen molar-refractivity contribution < 1.29 is 19.2 Å². The fourth-order valence-electron chi connectivity index (χ4n) is 1.94. The van der Waals surface area contributed by atoms with Gasteiger partial charge in [0.25, 0.3) is 0 Å². The average molecular weight is 340 g/mol. The fourth-order valence-corrected chi connectivity index (χ4v) is 2.14. The van der Waals surface area contributed by atoms with Gasteiger partial charge in [0.1, 0.15) is 11.8 Å². The molecule has 2 rings (SSSR count). The summed E-state index contributed by atoms with van der Waals surface area (Å²) >= 11 is 5.82. The van der Waals surface area contributed by atoms with Gasteiger partial charge in [-0.2, -0.15) is 4.98 Å². The number of phenols is 1. The van der Waals surface area contributed by atoms with Crippen molar-refractivity contribution in [2.45, 2.75) is 25.8 Å². The molecule has 1 aromatic heterocycles. The predicted octanol–water partition coefficient (Wildman–Crippen LogP) is 2.04. The van der Waals surface area contributed by atoms with Crippen molar-refractivity contribution in [1.82, 2.24) is 15.5 Å². The summed E-state index contributed by atoms with van der Waals surface area (Å²) in [6.07, 6.45) is 0.682. The maximum absolute atomic E-state index is 12.0. The van der Waals surface area contributed by atoms with Crippen LogP contribution in [0.5, 0.6) is 5.75 Å². The van der Waals surface area contributed by atoms with E-state index in [1.807, 2.05) is 0 Å². The molecule has 2 aromatic rings. The van der Waals surface area contributed by atoms with Gasteiger partial charge in [-0.15, -0.1) is 0 Å². The molecular weight excluding hydrogens is 322 g/mol. The number of amides is 1. The maximum atomic E-state index is 12.0. The highest BCUT2D eigenvalue weighted by Gasteiger charge is 2.17. The Balaban J connectivity index is 1.91. The fraction of sp³-hybridized carbons (Fsp3) is 0.400. The third-order valence-corrected chi connectivity index (χ3v) is 3.44. The summed E-state index contributed by atoms with van der Waals surface area (Å²) in [6, 6.07) is 4.24. The molecule has 0 fully saturated rings. The van der Waals surface area contributed by atoms with Crippen LogP contribution in [0.15, 0.2) is 22.7 Å². The monoisotopic (exact) mass is 339 g/mol. The number of aromatic nitrogens is 2. The van der Waals surface area contributed by atoms with Crippen LogP contribution in [0.1, 0.15) is 30.2 Å². The second-order valence-electron chi connectivity index (χ2n) is 5.04. The largest absolute Gasteiger partial charge is 0.506 e. The highest BCUT2D eigenvalue weighted by atomic mass is 35.5. The van der Waals surface area contributed by atoms with Crippen LogP contribution in [0.25, 0.3) is 0 Å². The number of carbonyl (C=O) groups excluding carboxylic acids is 1. The number of rotatable bonds is 7. The van der Waals surface area contributed by atoms with Crippen LogP contribution in [0.4, 0.5) is 0 Å². The van der Waals surface area contributed by atoms with E-state index in [0.29, 0.717) is 30.3 Å². The number of aromatic hydroxyl groups is 1. The molecule has 1 aromatic carbocycles. The predicted molar refractivity (Wildman–Crippen MR) is 83.3 cm³/mol. The zero-order chi connectivity index (χ0) is 16.8. The van der Waals surface area contributed by atoms with Crippen molar-refractivity contribution in [3.05, 3.63) is 40.5 Å². The highest BCUT2D eigenvalue weighted by molar-refractivity contribution is 6.32. The van der Waals surface area contributed by atoms with Crippen molar-refractivity contribution in [1.29, 1.82) is 0 Å². The summed E-state index contributed by atoms with van der Waals surface area (Å²) in [5, 5.41) is 16.2. The third-order valence-electron chi connectivity index (χ3n) is 3.14. The van der Waals surface area contributed by atoms with Crippen molar-refractivity contribution >= 4 is 17.5 Å². The number of hydrogen-bond acceptors (Lipinski definition) is 6. The van der Waals surface area contributed by atoms with Crippen molar-refractivity contribution in [2.75, 3.05) is 13.7 Å². The molecule has 23 heavy (non-hydrogen) atoms. The van der Waals surface area contributed by atoms with Crippen LogP contribution in [0.3, 0.4) is 0 Å². The van der Waals surface area contributed by atoms with Gasteiger partial charge in [0.05, 0.1) is 18.1 Å². The summed E-state index contributed by atoms with van der Waals surface area (Å²) in [5.74, 6) is 0.649. The van der Waals surface area contributed by atoms with Gasteiger partial charge in [0.2, 0.25) is 11.8 Å². The van der Waals surface area contributed by atoms with Crippen molar-refractivity contribution in [2.24, 2.45) is 0 Å². The molecule has 0 saturated heterocycles. The topological polar surface area (TPSA) is 97.5 Å². The van der Waals surface area contributed by atoms with Crippen molar-refractivity contribution in [3.63, 3.8) is 0 Å². The first kappa shape index (κ1) is 17.2. The zero-order valence-corrected chi connectivity index (χ0v) is 13.6. The molecule has 124 valence electrons. The van der Waals surface area contributed by atoms with E-state index in [2.05, 4.69) is 15.5 Å². The summed E-state index contributed by atoms with van der Waals surface area (Å²) in [7, 11) is 1.60. The molecule has 0 spiro atoms. The molecule has 1 atom stereocenters. The summed E-state index contributed by atoms with van der Waals surface area (Å²) in [6.45, 7) is 2.26. The molecule has 1 unspecified atom stereocenters. The van der Waals surface area contributed by atoms with E-state index in [4.69, 9.17) is 20.9 Å². The third kappa shape index (κ3) is 4.94. The Morgan fingerprint density at radius 3 is 3.00 bits per heavy atom. The van der Waals surface area contributed by atoms with E-state index in [9.17, 15) is 9.90 Å². The summed E-state index contributed by atoms with van der Waals surface area (Å²) < 4.78 is 10.1. The first-order valence-electron chi connectivity index (χ1n) is 7.07. The number of halogens is 1. The number of nitrogens with one attached hydrogen (secondary N) is 1. The minimum Gasteiger partial charge on any atom is -0.506 e. The lowest BCUT2D eigenvalue weighted by Crippen LogP contribution is -2.28. The molecule has 0 aliphatic rings. The van der Waals surface area contributed by atoms with Crippen LogP contribution in [-0.2, 0) is 22.4 Å². The lowest BCUT2D eigenvalue weighted by molar-refractivity contribution is -0.121. The van der Waals surface area contributed by atoms with Crippen LogP contribution in [-0.4, -0.2) is 34.9 Å². The number of methoxy groups -OCH3 is 1. The van der Waals surface area contributed by atoms with E-state index < -0.39 is 6.04 Å². The second-order valence-corrected chi connectivity index (χ2v) is 5.45. The lowest BCUT2D eigenvalue weighted by Gasteiger charge is -2.10. The number of nitrogens with zero attached hydrogens (tertiary/aromatic N) is 2. The molecule has 2 N–H and O–H groups in total. The molecule has 0 saturated carbocycles. The normalized spacial score (nSPS) is 12.1. The average Bonchev–Trinajstić information content (AvgIpc) is 2.98. The van der Waals surface area contributed by atoms with Gasteiger partial charge in [0.15, 0.2) is 5.82 Å². The van der Waals surface area contributed by atoms with Crippen LogP contribution < -0.4 is 5.32 Å². The maximum Gasteiger partial charge on any atom is 0.248 e. The van der Waals surface area contributed by atoms with Gasteiger partial charge in [-0.1, -0.05) is 22.8 Å². The van der Waals surface area contributed by atoms with Gasteiger partial charge >= 0.3 is 0 Å². The van der Waals surface area contributed by atoms with Crippen LogP contribution in [0, 0.1) is 0 Å². The molecular formula is C15H18ClN3O4. The minimum absolute atomic E-state index is 0.0151. The molecule has 1 heterocycles. The first-order chi connectivity index (χ1) is 11.0. The van der Waals surface area contributed by atoms with E-state index in [1.165, 1.54) is 6.07 Å². The quantitative estimate of drug-likeness (QED) is 0.801. The van der Waals surface area contributed by atoms with Gasteiger partial charge < -0.3 is 19.7 Å². The number of phenolic OH excluding ortho intramolecular Hbond substituents is 1. The Bertz CT molecular complexity index is 674. The van der Waals surface area contributed by atoms with E-state index >= 15 is 0 Å². The zero-order valence-electron chi connectivity index (χ0n) is 12.9. The van der Waals surface area contributed by atoms with Gasteiger partial charge in [-0.25, -0.2) is 0 Å². The summed E-state index contributed by atoms with van der Waals surface area (Å²) in [4.78, 5) is 16.3. The molecule has 0 radical (unpaired) electrons. The van der Waals surface area contributed by atoms with Crippen LogP contribution >= 0.6 is 11.6 Å². The SMILES string of the molecule is COCCc1noc(C(C)NC(=O)Cc2ccc(O)c(Cl)c2)n1. The number of carbonyl (C=O) groups is 1. The molecule has 0 aliphatic carbocycles. The second kappa shape index (κ2) is 7.94. The molecule has 8 heteroatoms. The van der Waals surface area contributed by atoms with Gasteiger partial charge in [-0.3, -0.25) is 4.79 Å². The van der Waals surface area contributed by atoms with E-state index in [0.717, 1.165) is 0 Å². The van der Waals surface area contributed by atoms with Crippen molar-refractivity contribution in [3.8, 4) is 5.75 Å². The molecule has 0 aliphatic heterocycles.